The second-order valence-corrected chi connectivity index (χ2v) is 5.77. The van der Waals surface area contributed by atoms with Gasteiger partial charge in [0.25, 0.3) is 5.91 Å². The molecule has 0 spiro atoms. The van der Waals surface area contributed by atoms with Gasteiger partial charge in [-0.2, -0.15) is 0 Å². The molecule has 4 heteroatoms. The lowest BCUT2D eigenvalue weighted by Crippen LogP contribution is -2.42. The Kier molecular flexibility index (Phi) is 4.03. The summed E-state index contributed by atoms with van der Waals surface area (Å²) in [7, 11) is 0. The molecule has 2 aliphatic heterocycles. The van der Waals surface area contributed by atoms with Crippen LogP contribution in [0.2, 0.25) is 0 Å². The highest BCUT2D eigenvalue weighted by Crippen LogP contribution is 2.22. The Morgan fingerprint density at radius 3 is 2.95 bits per heavy atom. The third-order valence-electron chi connectivity index (χ3n) is 4.43. The minimum atomic E-state index is -0.0172. The highest BCUT2D eigenvalue weighted by atomic mass is 16.3. The summed E-state index contributed by atoms with van der Waals surface area (Å²) < 4.78 is 0. The average Bonchev–Trinajstić information content (AvgIpc) is 2.81. The van der Waals surface area contributed by atoms with Crippen molar-refractivity contribution in [2.45, 2.75) is 44.8 Å². The lowest BCUT2D eigenvalue weighted by molar-refractivity contribution is 0.0599. The van der Waals surface area contributed by atoms with E-state index in [9.17, 15) is 9.90 Å². The summed E-state index contributed by atoms with van der Waals surface area (Å²) in [5.41, 5.74) is 3.27. The van der Waals surface area contributed by atoms with Crippen molar-refractivity contribution in [2.24, 2.45) is 0 Å². The third kappa shape index (κ3) is 2.58. The van der Waals surface area contributed by atoms with Gasteiger partial charge in [-0.25, -0.2) is 0 Å². The van der Waals surface area contributed by atoms with E-state index in [1.54, 1.807) is 0 Å². The molecule has 1 aromatic carbocycles. The lowest BCUT2D eigenvalue weighted by Gasteiger charge is -2.28. The van der Waals surface area contributed by atoms with E-state index in [1.807, 2.05) is 23.1 Å². The number of rotatable bonds is 2. The van der Waals surface area contributed by atoms with Gasteiger partial charge in [0.15, 0.2) is 0 Å². The van der Waals surface area contributed by atoms with Crippen molar-refractivity contribution < 1.29 is 9.90 Å². The van der Waals surface area contributed by atoms with Gasteiger partial charge in [-0.15, -0.1) is 0 Å². The number of nitrogens with one attached hydrogen (secondary N) is 1. The SMILES string of the molecule is O=C(c1ccc2c(c1)CNC2)N1CCCCCC1CO. The number of benzene rings is 1. The Morgan fingerprint density at radius 1 is 1.25 bits per heavy atom. The summed E-state index contributed by atoms with van der Waals surface area (Å²) in [6.07, 6.45) is 4.20. The van der Waals surface area contributed by atoms with Crippen LogP contribution in [0.15, 0.2) is 18.2 Å². The molecule has 1 aromatic rings. The molecule has 0 radical (unpaired) electrons. The zero-order valence-electron chi connectivity index (χ0n) is 11.8. The molecule has 1 amide bonds. The Labute approximate surface area is 119 Å². The summed E-state index contributed by atoms with van der Waals surface area (Å²) in [5.74, 6) is 0.0700. The molecule has 3 rings (SSSR count). The number of fused-ring (bicyclic) bond motifs is 1. The second-order valence-electron chi connectivity index (χ2n) is 5.77. The molecule has 1 unspecified atom stereocenters. The van der Waals surface area contributed by atoms with E-state index in [-0.39, 0.29) is 18.6 Å². The maximum absolute atomic E-state index is 12.7. The van der Waals surface area contributed by atoms with Crippen LogP contribution in [0.3, 0.4) is 0 Å². The van der Waals surface area contributed by atoms with Crippen molar-refractivity contribution in [1.82, 2.24) is 10.2 Å². The largest absolute Gasteiger partial charge is 0.394 e. The Morgan fingerprint density at radius 2 is 2.10 bits per heavy atom. The third-order valence-corrected chi connectivity index (χ3v) is 4.43. The number of nitrogens with zero attached hydrogens (tertiary/aromatic N) is 1. The number of carbonyl (C=O) groups excluding carboxylic acids is 1. The Bertz CT molecular complexity index is 501. The first kappa shape index (κ1) is 13.6. The van der Waals surface area contributed by atoms with Crippen molar-refractivity contribution in [3.63, 3.8) is 0 Å². The number of hydrogen-bond donors (Lipinski definition) is 2. The lowest BCUT2D eigenvalue weighted by atomic mass is 10.0. The number of likely N-dealkylation sites (tertiary alicyclic amines) is 1. The molecule has 0 aliphatic carbocycles. The molecule has 2 heterocycles. The van der Waals surface area contributed by atoms with Crippen LogP contribution < -0.4 is 5.32 Å². The topological polar surface area (TPSA) is 52.6 Å². The van der Waals surface area contributed by atoms with E-state index >= 15 is 0 Å². The van der Waals surface area contributed by atoms with Gasteiger partial charge in [0, 0.05) is 25.2 Å². The monoisotopic (exact) mass is 274 g/mol. The van der Waals surface area contributed by atoms with E-state index in [2.05, 4.69) is 5.32 Å². The smallest absolute Gasteiger partial charge is 0.254 e. The molecule has 0 saturated carbocycles. The van der Waals surface area contributed by atoms with Crippen LogP contribution in [0.1, 0.15) is 47.2 Å². The molecule has 20 heavy (non-hydrogen) atoms. The van der Waals surface area contributed by atoms with E-state index in [1.165, 1.54) is 11.1 Å². The summed E-state index contributed by atoms with van der Waals surface area (Å²) in [6, 6.07) is 5.97. The molecule has 0 bridgehead atoms. The molecule has 2 aliphatic rings. The first-order valence-electron chi connectivity index (χ1n) is 7.54. The number of hydrogen-bond acceptors (Lipinski definition) is 3. The minimum Gasteiger partial charge on any atom is -0.394 e. The fraction of sp³-hybridized carbons (Fsp3) is 0.562. The summed E-state index contributed by atoms with van der Waals surface area (Å²) in [6.45, 7) is 2.57. The normalized spacial score (nSPS) is 22.4. The fourth-order valence-corrected chi connectivity index (χ4v) is 3.23. The molecule has 1 fully saturated rings. The first-order valence-corrected chi connectivity index (χ1v) is 7.54. The fourth-order valence-electron chi connectivity index (χ4n) is 3.23. The van der Waals surface area contributed by atoms with Crippen molar-refractivity contribution in [3.8, 4) is 0 Å². The second kappa shape index (κ2) is 5.94. The Balaban J connectivity index is 1.83. The predicted octanol–water partition coefficient (Wildman–Crippen LogP) is 1.67. The van der Waals surface area contributed by atoms with Crippen molar-refractivity contribution >= 4 is 5.91 Å². The highest BCUT2D eigenvalue weighted by molar-refractivity contribution is 5.94. The van der Waals surface area contributed by atoms with Crippen molar-refractivity contribution in [1.29, 1.82) is 0 Å². The van der Waals surface area contributed by atoms with E-state index in [0.717, 1.165) is 50.9 Å². The van der Waals surface area contributed by atoms with E-state index in [4.69, 9.17) is 0 Å². The van der Waals surface area contributed by atoms with Crippen molar-refractivity contribution in [2.75, 3.05) is 13.2 Å². The number of carbonyl (C=O) groups is 1. The van der Waals surface area contributed by atoms with Crippen LogP contribution in [0.5, 0.6) is 0 Å². The molecule has 1 saturated heterocycles. The number of aliphatic hydroxyl groups is 1. The van der Waals surface area contributed by atoms with Crippen LogP contribution in [-0.4, -0.2) is 35.1 Å². The maximum atomic E-state index is 12.7. The first-order chi connectivity index (χ1) is 9.79. The molecule has 2 N–H and O–H groups in total. The van der Waals surface area contributed by atoms with Gasteiger partial charge in [0.2, 0.25) is 0 Å². The standard InChI is InChI=1S/C16H22N2O2/c19-11-15-4-2-1-3-7-18(15)16(20)12-5-6-13-9-17-10-14(13)8-12/h5-6,8,15,17,19H,1-4,7,9-11H2. The van der Waals surface area contributed by atoms with Crippen LogP contribution in [-0.2, 0) is 13.1 Å². The molecule has 0 aromatic heterocycles. The van der Waals surface area contributed by atoms with Crippen LogP contribution in [0.25, 0.3) is 0 Å². The Hall–Kier alpha value is -1.39. The van der Waals surface area contributed by atoms with Gasteiger partial charge in [-0.1, -0.05) is 18.9 Å². The van der Waals surface area contributed by atoms with Crippen LogP contribution in [0.4, 0.5) is 0 Å². The predicted molar refractivity (Wildman–Crippen MR) is 77.4 cm³/mol. The van der Waals surface area contributed by atoms with Gasteiger partial charge >= 0.3 is 0 Å². The van der Waals surface area contributed by atoms with E-state index in [0.29, 0.717) is 0 Å². The average molecular weight is 274 g/mol. The van der Waals surface area contributed by atoms with Crippen LogP contribution >= 0.6 is 0 Å². The van der Waals surface area contributed by atoms with Crippen molar-refractivity contribution in [3.05, 3.63) is 34.9 Å². The zero-order chi connectivity index (χ0) is 13.9. The summed E-state index contributed by atoms with van der Waals surface area (Å²) in [5, 5.41) is 12.8. The van der Waals surface area contributed by atoms with E-state index < -0.39 is 0 Å². The molecule has 4 nitrogen and oxygen atoms in total. The maximum Gasteiger partial charge on any atom is 0.254 e. The van der Waals surface area contributed by atoms with Gasteiger partial charge in [0.05, 0.1) is 12.6 Å². The quantitative estimate of drug-likeness (QED) is 0.862. The van der Waals surface area contributed by atoms with Crippen LogP contribution in [0, 0.1) is 0 Å². The minimum absolute atomic E-state index is 0.0172. The van der Waals surface area contributed by atoms with Gasteiger partial charge in [-0.3, -0.25) is 4.79 Å². The van der Waals surface area contributed by atoms with Gasteiger partial charge in [0.1, 0.15) is 0 Å². The number of amides is 1. The zero-order valence-corrected chi connectivity index (χ0v) is 11.8. The van der Waals surface area contributed by atoms with Gasteiger partial charge < -0.3 is 15.3 Å². The molecular formula is C16H22N2O2. The molecule has 108 valence electrons. The van der Waals surface area contributed by atoms with Gasteiger partial charge in [-0.05, 0) is 36.1 Å². The number of aliphatic hydroxyl groups excluding tert-OH is 1. The molecular weight excluding hydrogens is 252 g/mol. The molecule has 1 atom stereocenters. The summed E-state index contributed by atoms with van der Waals surface area (Å²) >= 11 is 0. The summed E-state index contributed by atoms with van der Waals surface area (Å²) in [4.78, 5) is 14.6. The highest BCUT2D eigenvalue weighted by Gasteiger charge is 2.26.